The van der Waals surface area contributed by atoms with Gasteiger partial charge in [-0.25, -0.2) is 0 Å². The van der Waals surface area contributed by atoms with E-state index in [1.165, 1.54) is 18.7 Å². The Morgan fingerprint density at radius 2 is 1.73 bits per heavy atom. The summed E-state index contributed by atoms with van der Waals surface area (Å²) in [5.74, 6) is -0.364. The van der Waals surface area contributed by atoms with Crippen molar-refractivity contribution in [3.63, 3.8) is 0 Å². The molecule has 0 saturated carbocycles. The molecule has 0 spiro atoms. The lowest BCUT2D eigenvalue weighted by molar-refractivity contribution is -0.142. The highest BCUT2D eigenvalue weighted by Crippen LogP contribution is 1.95. The van der Waals surface area contributed by atoms with Crippen LogP contribution in [0.4, 0.5) is 0 Å². The second kappa shape index (κ2) is 5.29. The largest absolute Gasteiger partial charge is 0.283 e. The van der Waals surface area contributed by atoms with E-state index in [1.807, 2.05) is 0 Å². The van der Waals surface area contributed by atoms with Gasteiger partial charge in [-0.1, -0.05) is 15.9 Å². The van der Waals surface area contributed by atoms with Crippen molar-refractivity contribution in [1.29, 1.82) is 0 Å². The van der Waals surface area contributed by atoms with Gasteiger partial charge in [0.05, 0.1) is 0 Å². The van der Waals surface area contributed by atoms with Crippen LogP contribution in [-0.4, -0.2) is 28.6 Å². The number of imide groups is 1. The summed E-state index contributed by atoms with van der Waals surface area (Å²) in [5.41, 5.74) is 0. The molecule has 11 heavy (non-hydrogen) atoms. The van der Waals surface area contributed by atoms with E-state index in [0.29, 0.717) is 6.54 Å². The average Bonchev–Trinajstić information content (AvgIpc) is 1.87. The Labute approximate surface area is 74.9 Å². The maximum Gasteiger partial charge on any atom is 0.226 e. The fourth-order valence-electron chi connectivity index (χ4n) is 0.754. The highest BCUT2D eigenvalue weighted by Gasteiger charge is 2.11. The summed E-state index contributed by atoms with van der Waals surface area (Å²) in [6.07, 6.45) is 0.805. The fourth-order valence-corrected chi connectivity index (χ4v) is 1.01. The zero-order valence-corrected chi connectivity index (χ0v) is 8.35. The predicted octanol–water partition coefficient (Wildman–Crippen LogP) is 1.17. The van der Waals surface area contributed by atoms with E-state index in [1.54, 1.807) is 0 Å². The van der Waals surface area contributed by atoms with Gasteiger partial charge in [0.15, 0.2) is 0 Å². The molecule has 0 fully saturated rings. The number of carbonyl (C=O) groups excluding carboxylic acids is 2. The van der Waals surface area contributed by atoms with Gasteiger partial charge in [-0.2, -0.15) is 0 Å². The van der Waals surface area contributed by atoms with Crippen LogP contribution in [0.3, 0.4) is 0 Å². The molecular weight excluding hydrogens is 210 g/mol. The molecule has 0 atom stereocenters. The van der Waals surface area contributed by atoms with E-state index in [9.17, 15) is 9.59 Å². The van der Waals surface area contributed by atoms with Crippen molar-refractivity contribution < 1.29 is 9.59 Å². The summed E-state index contributed by atoms with van der Waals surface area (Å²) >= 11 is 3.23. The molecule has 0 aromatic rings. The molecule has 0 heterocycles. The molecule has 0 saturated heterocycles. The third kappa shape index (κ3) is 4.14. The highest BCUT2D eigenvalue weighted by molar-refractivity contribution is 9.09. The molecular formula is C7H12BrNO2. The Bertz CT molecular complexity index is 145. The van der Waals surface area contributed by atoms with E-state index in [0.717, 1.165) is 11.8 Å². The Kier molecular flexibility index (Phi) is 5.11. The predicted molar refractivity (Wildman–Crippen MR) is 46.5 cm³/mol. The van der Waals surface area contributed by atoms with E-state index < -0.39 is 0 Å². The molecule has 0 unspecified atom stereocenters. The van der Waals surface area contributed by atoms with Crippen LogP contribution in [0.2, 0.25) is 0 Å². The molecule has 2 amide bonds. The number of carbonyl (C=O) groups is 2. The van der Waals surface area contributed by atoms with Gasteiger partial charge in [0.25, 0.3) is 0 Å². The molecule has 0 rings (SSSR count). The second-order valence-electron chi connectivity index (χ2n) is 2.23. The SMILES string of the molecule is CC(=O)N(CCCBr)C(C)=O. The van der Waals surface area contributed by atoms with Gasteiger partial charge in [0.1, 0.15) is 0 Å². The van der Waals surface area contributed by atoms with Gasteiger partial charge < -0.3 is 0 Å². The van der Waals surface area contributed by atoms with Crippen molar-refractivity contribution >= 4 is 27.7 Å². The summed E-state index contributed by atoms with van der Waals surface area (Å²) in [5, 5.41) is 0.810. The molecule has 0 aliphatic heterocycles. The van der Waals surface area contributed by atoms with Crippen LogP contribution in [0.25, 0.3) is 0 Å². The Balaban J connectivity index is 3.90. The van der Waals surface area contributed by atoms with Crippen molar-refractivity contribution in [2.75, 3.05) is 11.9 Å². The van der Waals surface area contributed by atoms with Crippen molar-refractivity contribution in [1.82, 2.24) is 4.90 Å². The fraction of sp³-hybridized carbons (Fsp3) is 0.714. The molecule has 3 nitrogen and oxygen atoms in total. The van der Waals surface area contributed by atoms with Crippen molar-refractivity contribution in [3.8, 4) is 0 Å². The number of alkyl halides is 1. The molecule has 0 aromatic heterocycles. The van der Waals surface area contributed by atoms with Crippen LogP contribution < -0.4 is 0 Å². The van der Waals surface area contributed by atoms with Crippen LogP contribution in [0, 0.1) is 0 Å². The van der Waals surface area contributed by atoms with E-state index in [-0.39, 0.29) is 11.8 Å². The molecule has 0 bridgehead atoms. The van der Waals surface area contributed by atoms with Crippen molar-refractivity contribution in [3.05, 3.63) is 0 Å². The van der Waals surface area contributed by atoms with Gasteiger partial charge in [-0.15, -0.1) is 0 Å². The van der Waals surface area contributed by atoms with Crippen LogP contribution >= 0.6 is 15.9 Å². The van der Waals surface area contributed by atoms with Gasteiger partial charge in [0, 0.05) is 25.7 Å². The summed E-state index contributed by atoms with van der Waals surface area (Å²) in [6.45, 7) is 3.31. The van der Waals surface area contributed by atoms with Crippen LogP contribution in [0.1, 0.15) is 20.3 Å². The Morgan fingerprint density at radius 1 is 1.27 bits per heavy atom. The molecule has 0 radical (unpaired) electrons. The third-order valence-corrected chi connectivity index (χ3v) is 1.84. The molecule has 0 aliphatic carbocycles. The minimum atomic E-state index is -0.182. The first-order valence-corrected chi connectivity index (χ1v) is 4.56. The Morgan fingerprint density at radius 3 is 2.00 bits per heavy atom. The second-order valence-corrected chi connectivity index (χ2v) is 3.03. The van der Waals surface area contributed by atoms with Crippen LogP contribution in [0.15, 0.2) is 0 Å². The zero-order chi connectivity index (χ0) is 8.85. The minimum absolute atomic E-state index is 0.182. The highest BCUT2D eigenvalue weighted by atomic mass is 79.9. The maximum absolute atomic E-state index is 10.8. The zero-order valence-electron chi connectivity index (χ0n) is 6.76. The van der Waals surface area contributed by atoms with Gasteiger partial charge in [0.2, 0.25) is 11.8 Å². The van der Waals surface area contributed by atoms with Crippen molar-refractivity contribution in [2.24, 2.45) is 0 Å². The third-order valence-electron chi connectivity index (χ3n) is 1.28. The first-order chi connectivity index (χ1) is 5.09. The molecule has 0 aromatic carbocycles. The smallest absolute Gasteiger partial charge is 0.226 e. The molecule has 0 aliphatic rings. The van der Waals surface area contributed by atoms with E-state index >= 15 is 0 Å². The number of rotatable bonds is 3. The van der Waals surface area contributed by atoms with Crippen LogP contribution in [-0.2, 0) is 9.59 Å². The summed E-state index contributed by atoms with van der Waals surface area (Å²) in [7, 11) is 0. The van der Waals surface area contributed by atoms with Crippen molar-refractivity contribution in [2.45, 2.75) is 20.3 Å². The number of halogens is 1. The molecule has 4 heteroatoms. The minimum Gasteiger partial charge on any atom is -0.283 e. The standard InChI is InChI=1S/C7H12BrNO2/c1-6(10)9(7(2)11)5-3-4-8/h3-5H2,1-2H3. The van der Waals surface area contributed by atoms with Gasteiger partial charge >= 0.3 is 0 Å². The lowest BCUT2D eigenvalue weighted by atomic mass is 10.4. The maximum atomic E-state index is 10.8. The van der Waals surface area contributed by atoms with Gasteiger partial charge in [-0.05, 0) is 6.42 Å². The van der Waals surface area contributed by atoms with Crippen LogP contribution in [0.5, 0.6) is 0 Å². The lowest BCUT2D eigenvalue weighted by Crippen LogP contribution is -2.34. The van der Waals surface area contributed by atoms with E-state index in [4.69, 9.17) is 0 Å². The first-order valence-electron chi connectivity index (χ1n) is 3.44. The molecule has 0 N–H and O–H groups in total. The van der Waals surface area contributed by atoms with Gasteiger partial charge in [-0.3, -0.25) is 14.5 Å². The average molecular weight is 222 g/mol. The molecule has 64 valence electrons. The number of amides is 2. The Hall–Kier alpha value is -0.380. The normalized spacial score (nSPS) is 9.36. The summed E-state index contributed by atoms with van der Waals surface area (Å²) < 4.78 is 0. The summed E-state index contributed by atoms with van der Waals surface area (Å²) in [6, 6.07) is 0. The first kappa shape index (κ1) is 10.6. The number of nitrogens with zero attached hydrogens (tertiary/aromatic N) is 1. The summed E-state index contributed by atoms with van der Waals surface area (Å²) in [4.78, 5) is 22.8. The topological polar surface area (TPSA) is 37.4 Å². The monoisotopic (exact) mass is 221 g/mol. The van der Waals surface area contributed by atoms with E-state index in [2.05, 4.69) is 15.9 Å². The quantitative estimate of drug-likeness (QED) is 0.672. The number of hydrogen-bond donors (Lipinski definition) is 0. The number of hydrogen-bond acceptors (Lipinski definition) is 2. The lowest BCUT2D eigenvalue weighted by Gasteiger charge is -2.15.